The van der Waals surface area contributed by atoms with Crippen LogP contribution in [0.5, 0.6) is 0 Å². The molecule has 12 nitrogen and oxygen atoms in total. The number of nitrogens with two attached hydrogens (primary N) is 4. The third-order valence-electron chi connectivity index (χ3n) is 6.38. The summed E-state index contributed by atoms with van der Waals surface area (Å²) in [6.45, 7) is 0. The van der Waals surface area contributed by atoms with E-state index in [2.05, 4.69) is 19.4 Å². The van der Waals surface area contributed by atoms with Gasteiger partial charge in [0.05, 0.1) is 11.8 Å². The molecule has 2 atom stereocenters. The minimum atomic E-state index is -0.438. The molecule has 0 aromatic carbocycles. The summed E-state index contributed by atoms with van der Waals surface area (Å²) >= 11 is 0. The van der Waals surface area contributed by atoms with Crippen LogP contribution < -0.4 is 23.6 Å². The predicted octanol–water partition coefficient (Wildman–Crippen LogP) is 2.91. The quantitative estimate of drug-likeness (QED) is 0.114. The molecule has 210 valence electrons. The Labute approximate surface area is 213 Å². The lowest BCUT2D eigenvalue weighted by Gasteiger charge is -2.14. The van der Waals surface area contributed by atoms with Gasteiger partial charge in [-0.1, -0.05) is 64.2 Å². The molecule has 0 heterocycles. The Hall–Kier alpha value is -2.28. The molecule has 0 aliphatic rings. The van der Waals surface area contributed by atoms with Gasteiger partial charge in [-0.15, -0.1) is 0 Å². The number of hydrogen-bond acceptors (Lipinski definition) is 12. The molecule has 0 aromatic heterocycles. The second-order valence-electron chi connectivity index (χ2n) is 9.14. The van der Waals surface area contributed by atoms with Crippen LogP contribution in [-0.2, 0) is 38.5 Å². The Kier molecular flexibility index (Phi) is 21.7. The summed E-state index contributed by atoms with van der Waals surface area (Å²) in [4.78, 5) is 63.0. The summed E-state index contributed by atoms with van der Waals surface area (Å²) < 4.78 is 0. The average Bonchev–Trinajstić information content (AvgIpc) is 2.90. The summed E-state index contributed by atoms with van der Waals surface area (Å²) in [5.41, 5.74) is 0. The molecule has 0 radical (unpaired) electrons. The Morgan fingerprint density at radius 3 is 0.972 bits per heavy atom. The van der Waals surface area contributed by atoms with Gasteiger partial charge in [0.2, 0.25) is 0 Å². The van der Waals surface area contributed by atoms with Gasteiger partial charge in [0, 0.05) is 12.8 Å². The van der Waals surface area contributed by atoms with E-state index in [0.717, 1.165) is 64.2 Å². The fourth-order valence-corrected chi connectivity index (χ4v) is 4.23. The fraction of sp³-hybridized carbons (Fsp3) is 0.833. The van der Waals surface area contributed by atoms with Crippen LogP contribution in [0.3, 0.4) is 0 Å². The van der Waals surface area contributed by atoms with Crippen LogP contribution in [0.25, 0.3) is 0 Å². The summed E-state index contributed by atoms with van der Waals surface area (Å²) in [5.74, 6) is 17.6. The van der Waals surface area contributed by atoms with Crippen LogP contribution in [0.15, 0.2) is 0 Å². The first-order valence-electron chi connectivity index (χ1n) is 13.0. The molecule has 12 heteroatoms. The van der Waals surface area contributed by atoms with E-state index in [-0.39, 0.29) is 24.7 Å². The predicted molar refractivity (Wildman–Crippen MR) is 131 cm³/mol. The fourth-order valence-electron chi connectivity index (χ4n) is 4.23. The lowest BCUT2D eigenvalue weighted by molar-refractivity contribution is -0.150. The van der Waals surface area contributed by atoms with Crippen molar-refractivity contribution in [1.82, 2.24) is 0 Å². The van der Waals surface area contributed by atoms with E-state index in [1.807, 2.05) is 0 Å². The Balaban J connectivity index is 4.00. The van der Waals surface area contributed by atoms with Crippen LogP contribution in [-0.4, -0.2) is 23.9 Å². The van der Waals surface area contributed by atoms with E-state index in [9.17, 15) is 19.2 Å². The van der Waals surface area contributed by atoms with Crippen LogP contribution in [0.1, 0.15) is 116 Å². The maximum absolute atomic E-state index is 11.9. The zero-order chi connectivity index (χ0) is 27.0. The van der Waals surface area contributed by atoms with Gasteiger partial charge in [0.1, 0.15) is 0 Å². The highest BCUT2D eigenvalue weighted by Gasteiger charge is 2.20. The molecule has 8 N–H and O–H groups in total. The van der Waals surface area contributed by atoms with Gasteiger partial charge in [-0.3, -0.25) is 19.2 Å². The van der Waals surface area contributed by atoms with E-state index < -0.39 is 23.9 Å². The Bertz CT molecular complexity index is 569. The van der Waals surface area contributed by atoms with Gasteiger partial charge in [-0.05, 0) is 38.5 Å². The zero-order valence-electron chi connectivity index (χ0n) is 21.5. The maximum Gasteiger partial charge on any atom is 0.327 e. The van der Waals surface area contributed by atoms with Gasteiger partial charge < -0.3 is 19.4 Å². The summed E-state index contributed by atoms with van der Waals surface area (Å²) in [7, 11) is 0. The van der Waals surface area contributed by atoms with E-state index in [4.69, 9.17) is 23.6 Å². The normalized spacial score (nSPS) is 12.4. The molecule has 0 amide bonds. The van der Waals surface area contributed by atoms with E-state index in [1.165, 1.54) is 0 Å². The zero-order valence-corrected chi connectivity index (χ0v) is 21.5. The van der Waals surface area contributed by atoms with Crippen LogP contribution in [0, 0.1) is 11.8 Å². The second-order valence-corrected chi connectivity index (χ2v) is 9.14. The van der Waals surface area contributed by atoms with Gasteiger partial charge >= 0.3 is 23.9 Å². The minimum absolute atomic E-state index is 0.236. The summed E-state index contributed by atoms with van der Waals surface area (Å²) in [6, 6.07) is 0. The van der Waals surface area contributed by atoms with Gasteiger partial charge in [0.15, 0.2) is 0 Å². The maximum atomic E-state index is 11.9. The lowest BCUT2D eigenvalue weighted by atomic mass is 9.93. The molecule has 0 aliphatic carbocycles. The molecule has 0 saturated heterocycles. The van der Waals surface area contributed by atoms with Crippen molar-refractivity contribution in [2.75, 3.05) is 0 Å². The van der Waals surface area contributed by atoms with Gasteiger partial charge in [-0.25, -0.2) is 0 Å². The van der Waals surface area contributed by atoms with Crippen molar-refractivity contribution in [2.45, 2.75) is 116 Å². The molecule has 0 rings (SSSR count). The number of hydrogen-bond donors (Lipinski definition) is 4. The molecule has 0 aliphatic heterocycles. The van der Waals surface area contributed by atoms with Crippen LogP contribution in [0.2, 0.25) is 0 Å². The number of carbonyl (C=O) groups excluding carboxylic acids is 4. The van der Waals surface area contributed by atoms with Crippen molar-refractivity contribution in [2.24, 2.45) is 35.4 Å². The number of unbranched alkanes of at least 4 members (excludes halogenated alkanes) is 9. The molecule has 36 heavy (non-hydrogen) atoms. The smallest absolute Gasteiger partial charge is 0.327 e. The van der Waals surface area contributed by atoms with Crippen molar-refractivity contribution >= 4 is 23.9 Å². The standard InChI is InChI=1S/C24H46N4O8/c25-33-21(29)17-11-5-9-15-19(23(31)35-27)13-7-3-1-2-4-8-14-20(24(32)36-28)16-10-6-12-18-22(30)34-26/h19-20H,1-18,25-28H2. The molecular formula is C24H46N4O8. The third kappa shape index (κ3) is 18.1. The average molecular weight is 519 g/mol. The molecule has 0 aromatic rings. The molecule has 0 fully saturated rings. The van der Waals surface area contributed by atoms with E-state index >= 15 is 0 Å². The Morgan fingerprint density at radius 2 is 0.694 bits per heavy atom. The van der Waals surface area contributed by atoms with Crippen LogP contribution in [0.4, 0.5) is 0 Å². The topological polar surface area (TPSA) is 209 Å². The summed E-state index contributed by atoms with van der Waals surface area (Å²) in [5, 5.41) is 0. The second kappa shape index (κ2) is 23.1. The minimum Gasteiger partial charge on any atom is -0.373 e. The first-order chi connectivity index (χ1) is 17.4. The molecule has 0 bridgehead atoms. The molecule has 2 unspecified atom stereocenters. The molecular weight excluding hydrogens is 472 g/mol. The first-order valence-corrected chi connectivity index (χ1v) is 13.0. The van der Waals surface area contributed by atoms with Gasteiger partial charge in [0.25, 0.3) is 0 Å². The molecule has 0 spiro atoms. The van der Waals surface area contributed by atoms with E-state index in [1.54, 1.807) is 0 Å². The number of carbonyl (C=O) groups is 4. The number of rotatable bonds is 23. The van der Waals surface area contributed by atoms with Crippen molar-refractivity contribution in [3.05, 3.63) is 0 Å². The molecule has 0 saturated carbocycles. The van der Waals surface area contributed by atoms with Crippen LogP contribution >= 0.6 is 0 Å². The van der Waals surface area contributed by atoms with Crippen molar-refractivity contribution in [1.29, 1.82) is 0 Å². The van der Waals surface area contributed by atoms with Crippen molar-refractivity contribution in [3.8, 4) is 0 Å². The lowest BCUT2D eigenvalue weighted by Crippen LogP contribution is -2.21. The Morgan fingerprint density at radius 1 is 0.417 bits per heavy atom. The largest absolute Gasteiger partial charge is 0.373 e. The summed E-state index contributed by atoms with van der Waals surface area (Å²) in [6.07, 6.45) is 13.7. The van der Waals surface area contributed by atoms with Crippen molar-refractivity contribution in [3.63, 3.8) is 0 Å². The first kappa shape index (κ1) is 33.7. The monoisotopic (exact) mass is 518 g/mol. The highest BCUT2D eigenvalue weighted by atomic mass is 16.7. The highest BCUT2D eigenvalue weighted by molar-refractivity contribution is 5.72. The highest BCUT2D eigenvalue weighted by Crippen LogP contribution is 2.22. The van der Waals surface area contributed by atoms with Crippen molar-refractivity contribution < 1.29 is 38.5 Å². The third-order valence-corrected chi connectivity index (χ3v) is 6.38. The SMILES string of the molecule is NOC(=O)CCCCCC(CCCCCCCCC(CCCCCC(=O)ON)C(=O)ON)C(=O)ON. The van der Waals surface area contributed by atoms with Gasteiger partial charge in [-0.2, -0.15) is 23.6 Å². The van der Waals surface area contributed by atoms with E-state index in [0.29, 0.717) is 38.5 Å².